The lowest BCUT2D eigenvalue weighted by atomic mass is 9.63. The standard InChI is InChI=1S/C45H54N8O9/c1-50(24-32-34(61-4)19-27(20-35(32)62-5)31-25-52(3)43(59)39-29(31)15-18-51(39)2)26-37(55)47-17-11-9-7-6-8-10-16-46-36(54)23-48-33-14-12-13-30-38(33)42(58)53(41(30)57)45-21-28(22-45)40(56)49-44(45)60/h12-15,18-20,25,28,48H,6-11,16-17,21-24,26H2,1-5H3,(H,46,54)(H,47,55)(H,49,56,60). The van der Waals surface area contributed by atoms with E-state index in [1.807, 2.05) is 54.2 Å². The molecule has 2 saturated heterocycles. The quantitative estimate of drug-likeness (QED) is 0.0752. The molecular weight excluding hydrogens is 797 g/mol. The molecule has 2 aromatic carbocycles. The van der Waals surface area contributed by atoms with Crippen LogP contribution >= 0.6 is 0 Å². The first-order valence-electron chi connectivity index (χ1n) is 21.0. The van der Waals surface area contributed by atoms with E-state index in [-0.39, 0.29) is 60.3 Å². The molecule has 0 spiro atoms. The molecule has 0 unspecified atom stereocenters. The van der Waals surface area contributed by atoms with Gasteiger partial charge in [-0.1, -0.05) is 31.7 Å². The molecule has 5 heterocycles. The highest BCUT2D eigenvalue weighted by atomic mass is 16.5. The number of nitrogens with one attached hydrogen (secondary N) is 4. The van der Waals surface area contributed by atoms with Crippen LogP contribution in [0.1, 0.15) is 77.6 Å². The number of carbonyl (C=O) groups is 6. The number of nitrogens with zero attached hydrogens (tertiary/aromatic N) is 4. The zero-order valence-electron chi connectivity index (χ0n) is 35.9. The number of ether oxygens (including phenoxy) is 2. The van der Waals surface area contributed by atoms with E-state index in [1.165, 1.54) is 6.07 Å². The van der Waals surface area contributed by atoms with Crippen LogP contribution < -0.4 is 36.3 Å². The van der Waals surface area contributed by atoms with Gasteiger partial charge in [-0.05, 0) is 68.6 Å². The number of imide groups is 2. The third kappa shape index (κ3) is 8.40. The van der Waals surface area contributed by atoms with E-state index in [0.717, 1.165) is 65.5 Å². The highest BCUT2D eigenvalue weighted by Crippen LogP contribution is 2.49. The van der Waals surface area contributed by atoms with Crippen molar-refractivity contribution in [2.24, 2.45) is 20.0 Å². The van der Waals surface area contributed by atoms with Gasteiger partial charge in [0.2, 0.25) is 17.7 Å². The molecule has 2 bridgehead atoms. The van der Waals surface area contributed by atoms with Crippen LogP contribution in [-0.2, 0) is 39.8 Å². The number of fused-ring (bicyclic) bond motifs is 4. The monoisotopic (exact) mass is 850 g/mol. The van der Waals surface area contributed by atoms with E-state index in [0.29, 0.717) is 42.3 Å². The lowest BCUT2D eigenvalue weighted by Crippen LogP contribution is -2.74. The summed E-state index contributed by atoms with van der Waals surface area (Å²) in [5, 5.41) is 12.0. The van der Waals surface area contributed by atoms with Crippen LogP contribution in [0.4, 0.5) is 5.69 Å². The topological polar surface area (TPSA) is 202 Å². The Labute approximate surface area is 359 Å². The number of carbonyl (C=O) groups excluding carboxylic acids is 6. The summed E-state index contributed by atoms with van der Waals surface area (Å²) in [6.07, 6.45) is 9.47. The van der Waals surface area contributed by atoms with Crippen molar-refractivity contribution in [1.29, 1.82) is 0 Å². The smallest absolute Gasteiger partial charge is 0.274 e. The van der Waals surface area contributed by atoms with E-state index in [4.69, 9.17) is 9.47 Å². The van der Waals surface area contributed by atoms with Crippen LogP contribution in [0.2, 0.25) is 0 Å². The SMILES string of the molecule is COc1cc(-c2cn(C)c(=O)c3c2ccn3C)cc(OC)c1CN(C)CC(=O)NCCCCCCCCNC(=O)CNc1cccc2c1C(=O)N(C13CC(C1)C(=O)NC3=O)C2=O. The van der Waals surface area contributed by atoms with Crippen LogP contribution in [0.15, 0.2) is 53.6 Å². The predicted octanol–water partition coefficient (Wildman–Crippen LogP) is 3.08. The number of benzene rings is 2. The van der Waals surface area contributed by atoms with Gasteiger partial charge in [-0.25, -0.2) is 0 Å². The van der Waals surface area contributed by atoms with Gasteiger partial charge in [0.15, 0.2) is 0 Å². The molecule has 17 heteroatoms. The summed E-state index contributed by atoms with van der Waals surface area (Å²) >= 11 is 0. The summed E-state index contributed by atoms with van der Waals surface area (Å²) < 4.78 is 15.0. The zero-order chi connectivity index (χ0) is 44.3. The third-order valence-electron chi connectivity index (χ3n) is 12.2. The largest absolute Gasteiger partial charge is 0.496 e. The molecule has 4 aromatic rings. The number of hydrogen-bond acceptors (Lipinski definition) is 11. The fraction of sp³-hybridized carbons (Fsp3) is 0.444. The first kappa shape index (κ1) is 43.6. The first-order chi connectivity index (χ1) is 29.8. The number of aromatic nitrogens is 2. The van der Waals surface area contributed by atoms with Crippen LogP contribution in [-0.4, -0.2) is 107 Å². The number of hydrogen-bond donors (Lipinski definition) is 4. The normalized spacial score (nSPS) is 17.8. The Kier molecular flexibility index (Phi) is 12.8. The van der Waals surface area contributed by atoms with E-state index >= 15 is 0 Å². The third-order valence-corrected chi connectivity index (χ3v) is 12.2. The van der Waals surface area contributed by atoms with Gasteiger partial charge in [0, 0.05) is 68.7 Å². The number of rotatable bonds is 20. The van der Waals surface area contributed by atoms with E-state index in [1.54, 1.807) is 38.0 Å². The Morgan fingerprint density at radius 2 is 1.48 bits per heavy atom. The van der Waals surface area contributed by atoms with Crippen molar-refractivity contribution in [2.45, 2.75) is 63.5 Å². The van der Waals surface area contributed by atoms with Gasteiger partial charge in [0.25, 0.3) is 23.3 Å². The minimum Gasteiger partial charge on any atom is -0.496 e. The highest BCUT2D eigenvalue weighted by molar-refractivity contribution is 6.27. The van der Waals surface area contributed by atoms with Crippen molar-refractivity contribution in [3.8, 4) is 22.6 Å². The molecule has 62 heavy (non-hydrogen) atoms. The second-order valence-electron chi connectivity index (χ2n) is 16.5. The van der Waals surface area contributed by atoms with Crippen LogP contribution in [0.25, 0.3) is 22.0 Å². The summed E-state index contributed by atoms with van der Waals surface area (Å²) in [7, 11) is 8.65. The summed E-state index contributed by atoms with van der Waals surface area (Å²) in [4.78, 5) is 92.6. The Bertz CT molecular complexity index is 2480. The number of pyridine rings is 1. The molecular formula is C45H54N8O9. The van der Waals surface area contributed by atoms with E-state index in [2.05, 4.69) is 21.3 Å². The molecule has 6 amide bonds. The van der Waals surface area contributed by atoms with Crippen LogP contribution in [0, 0.1) is 5.92 Å². The number of unbranched alkanes of at least 4 members (excludes halogenated alkanes) is 5. The van der Waals surface area contributed by atoms with Gasteiger partial charge < -0.3 is 34.6 Å². The van der Waals surface area contributed by atoms with Crippen molar-refractivity contribution < 1.29 is 38.2 Å². The van der Waals surface area contributed by atoms with Crippen molar-refractivity contribution in [1.82, 2.24) is 34.9 Å². The fourth-order valence-electron chi connectivity index (χ4n) is 8.87. The Hall–Kier alpha value is -6.49. The maximum absolute atomic E-state index is 13.5. The number of piperidine rings is 2. The molecule has 328 valence electrons. The molecule has 3 aliphatic heterocycles. The molecule has 17 nitrogen and oxygen atoms in total. The van der Waals surface area contributed by atoms with E-state index in [9.17, 15) is 33.6 Å². The highest BCUT2D eigenvalue weighted by Gasteiger charge is 2.65. The molecule has 1 saturated carbocycles. The van der Waals surface area contributed by atoms with Gasteiger partial charge in [0.05, 0.1) is 44.0 Å². The molecule has 8 rings (SSSR count). The average molecular weight is 851 g/mol. The summed E-state index contributed by atoms with van der Waals surface area (Å²) in [6, 6.07) is 10.6. The van der Waals surface area contributed by atoms with Crippen LogP contribution in [0.5, 0.6) is 11.5 Å². The lowest BCUT2D eigenvalue weighted by Gasteiger charge is -2.52. The van der Waals surface area contributed by atoms with Gasteiger partial charge in [-0.15, -0.1) is 0 Å². The number of anilines is 1. The summed E-state index contributed by atoms with van der Waals surface area (Å²) in [5.74, 6) is -1.71. The van der Waals surface area contributed by atoms with Gasteiger partial charge >= 0.3 is 0 Å². The molecule has 0 atom stereocenters. The maximum Gasteiger partial charge on any atom is 0.274 e. The van der Waals surface area contributed by atoms with Gasteiger partial charge in [0.1, 0.15) is 22.6 Å². The number of aryl methyl sites for hydroxylation is 2. The molecule has 3 fully saturated rings. The minimum atomic E-state index is -1.36. The molecule has 0 radical (unpaired) electrons. The first-order valence-corrected chi connectivity index (χ1v) is 21.0. The van der Waals surface area contributed by atoms with Crippen molar-refractivity contribution >= 4 is 52.0 Å². The molecule has 4 N–H and O–H groups in total. The van der Waals surface area contributed by atoms with Crippen molar-refractivity contribution in [3.05, 3.63) is 75.8 Å². The second-order valence-corrected chi connectivity index (χ2v) is 16.5. The van der Waals surface area contributed by atoms with Crippen LogP contribution in [0.3, 0.4) is 0 Å². The second kappa shape index (κ2) is 18.2. The predicted molar refractivity (Wildman–Crippen MR) is 231 cm³/mol. The van der Waals surface area contributed by atoms with Gasteiger partial charge in [-0.3, -0.25) is 48.7 Å². The fourth-order valence-corrected chi connectivity index (χ4v) is 8.87. The summed E-state index contributed by atoms with van der Waals surface area (Å²) in [6.45, 7) is 1.57. The van der Waals surface area contributed by atoms with Gasteiger partial charge in [-0.2, -0.15) is 0 Å². The molecule has 4 aliphatic rings. The number of methoxy groups -OCH3 is 2. The van der Waals surface area contributed by atoms with Crippen molar-refractivity contribution in [3.63, 3.8) is 0 Å². The maximum atomic E-state index is 13.5. The Balaban J connectivity index is 0.775. The lowest BCUT2D eigenvalue weighted by molar-refractivity contribution is -0.158. The minimum absolute atomic E-state index is 0.0777. The zero-order valence-corrected chi connectivity index (χ0v) is 35.9. The van der Waals surface area contributed by atoms with E-state index < -0.39 is 29.2 Å². The molecule has 1 aliphatic carbocycles. The molecule has 2 aromatic heterocycles. The Morgan fingerprint density at radius 3 is 2.13 bits per heavy atom. The van der Waals surface area contributed by atoms with Crippen molar-refractivity contribution in [2.75, 3.05) is 52.8 Å². The number of likely N-dealkylation sites (N-methyl/N-ethyl adjacent to an activating group) is 1. The summed E-state index contributed by atoms with van der Waals surface area (Å²) in [5.41, 5.74) is 2.31. The average Bonchev–Trinajstić information content (AvgIpc) is 3.74. The number of amides is 6. The Morgan fingerprint density at radius 1 is 0.839 bits per heavy atom.